The highest BCUT2D eigenvalue weighted by Crippen LogP contribution is 2.50. The van der Waals surface area contributed by atoms with Crippen molar-refractivity contribution in [2.75, 3.05) is 0 Å². The van der Waals surface area contributed by atoms with Gasteiger partial charge in [-0.05, 0) is 62.4 Å². The molecule has 3 aliphatic carbocycles. The summed E-state index contributed by atoms with van der Waals surface area (Å²) < 4.78 is 0. The van der Waals surface area contributed by atoms with E-state index in [1.54, 1.807) is 18.6 Å². The second-order valence-electron chi connectivity index (χ2n) is 6.20. The van der Waals surface area contributed by atoms with E-state index in [1.165, 1.54) is 12.8 Å². The van der Waals surface area contributed by atoms with Crippen LogP contribution in [0.2, 0.25) is 0 Å². The van der Waals surface area contributed by atoms with Crippen LogP contribution in [0.15, 0.2) is 23.8 Å². The van der Waals surface area contributed by atoms with Gasteiger partial charge in [-0.15, -0.1) is 0 Å². The molecule has 4 atom stereocenters. The minimum absolute atomic E-state index is 0.174. The van der Waals surface area contributed by atoms with Gasteiger partial charge in [0.25, 0.3) is 0 Å². The topological polar surface area (TPSA) is 17.1 Å². The lowest BCUT2D eigenvalue weighted by Gasteiger charge is -2.47. The van der Waals surface area contributed by atoms with E-state index in [-0.39, 0.29) is 5.78 Å². The smallest absolute Gasteiger partial charge is 0.152 e. The van der Waals surface area contributed by atoms with Gasteiger partial charge >= 0.3 is 0 Å². The van der Waals surface area contributed by atoms with Gasteiger partial charge in [0.15, 0.2) is 5.78 Å². The Morgan fingerprint density at radius 1 is 1.41 bits per heavy atom. The molecule has 0 aliphatic heterocycles. The van der Waals surface area contributed by atoms with Crippen LogP contribution in [-0.4, -0.2) is 5.78 Å². The lowest BCUT2D eigenvalue weighted by Crippen LogP contribution is -2.38. The minimum Gasteiger partial charge on any atom is -0.295 e. The summed E-state index contributed by atoms with van der Waals surface area (Å²) >= 11 is 0. The SMILES string of the molecule is CC(=O)C=CC1CC2CC(C(C)C)C1C=C2C. The van der Waals surface area contributed by atoms with Crippen molar-refractivity contribution in [2.24, 2.45) is 29.6 Å². The number of hydrogen-bond acceptors (Lipinski definition) is 1. The van der Waals surface area contributed by atoms with Crippen LogP contribution in [0.4, 0.5) is 0 Å². The van der Waals surface area contributed by atoms with Crippen molar-refractivity contribution in [3.63, 3.8) is 0 Å². The summed E-state index contributed by atoms with van der Waals surface area (Å²) in [5.41, 5.74) is 1.58. The largest absolute Gasteiger partial charge is 0.295 e. The Balaban J connectivity index is 2.19. The molecule has 0 spiro atoms. The summed E-state index contributed by atoms with van der Waals surface area (Å²) in [6, 6.07) is 0. The maximum atomic E-state index is 11.1. The molecule has 1 nitrogen and oxygen atoms in total. The molecule has 4 unspecified atom stereocenters. The summed E-state index contributed by atoms with van der Waals surface area (Å²) in [4.78, 5) is 11.1. The molecule has 0 heterocycles. The molecule has 0 aromatic heterocycles. The second-order valence-corrected chi connectivity index (χ2v) is 6.20. The van der Waals surface area contributed by atoms with Crippen molar-refractivity contribution in [1.82, 2.24) is 0 Å². The Morgan fingerprint density at radius 2 is 2.12 bits per heavy atom. The monoisotopic (exact) mass is 232 g/mol. The Bertz CT molecular complexity index is 362. The Hall–Kier alpha value is -0.850. The number of rotatable bonds is 3. The van der Waals surface area contributed by atoms with Crippen LogP contribution in [0, 0.1) is 29.6 Å². The zero-order valence-electron chi connectivity index (χ0n) is 11.4. The van der Waals surface area contributed by atoms with Crippen molar-refractivity contribution in [3.05, 3.63) is 23.8 Å². The van der Waals surface area contributed by atoms with Crippen LogP contribution in [0.3, 0.4) is 0 Å². The number of allylic oxidation sites excluding steroid dienone is 4. The molecule has 3 rings (SSSR count). The Labute approximate surface area is 105 Å². The van der Waals surface area contributed by atoms with Gasteiger partial charge in [-0.25, -0.2) is 0 Å². The third kappa shape index (κ3) is 2.53. The first-order valence-electron chi connectivity index (χ1n) is 6.86. The van der Waals surface area contributed by atoms with Gasteiger partial charge in [-0.3, -0.25) is 4.79 Å². The van der Waals surface area contributed by atoms with Gasteiger partial charge in [0.05, 0.1) is 0 Å². The molecular weight excluding hydrogens is 208 g/mol. The quantitative estimate of drug-likeness (QED) is 0.531. The van der Waals surface area contributed by atoms with Crippen molar-refractivity contribution < 1.29 is 4.79 Å². The fourth-order valence-corrected chi connectivity index (χ4v) is 3.63. The Morgan fingerprint density at radius 3 is 2.65 bits per heavy atom. The molecule has 0 N–H and O–H groups in total. The number of ketones is 1. The zero-order chi connectivity index (χ0) is 12.6. The van der Waals surface area contributed by atoms with Gasteiger partial charge < -0.3 is 0 Å². The molecule has 2 bridgehead atoms. The van der Waals surface area contributed by atoms with Crippen LogP contribution in [0.25, 0.3) is 0 Å². The van der Waals surface area contributed by atoms with E-state index in [4.69, 9.17) is 0 Å². The predicted molar refractivity (Wildman–Crippen MR) is 71.6 cm³/mol. The maximum Gasteiger partial charge on any atom is 0.152 e. The molecule has 0 aromatic rings. The molecule has 0 radical (unpaired) electrons. The third-order valence-corrected chi connectivity index (χ3v) is 4.64. The summed E-state index contributed by atoms with van der Waals surface area (Å²) in [5.74, 6) is 3.74. The summed E-state index contributed by atoms with van der Waals surface area (Å²) in [7, 11) is 0. The lowest BCUT2D eigenvalue weighted by molar-refractivity contribution is -0.112. The first-order valence-corrected chi connectivity index (χ1v) is 6.86. The van der Waals surface area contributed by atoms with Gasteiger partial charge in [-0.1, -0.05) is 31.6 Å². The van der Waals surface area contributed by atoms with E-state index in [9.17, 15) is 4.79 Å². The molecular formula is C16H24O. The summed E-state index contributed by atoms with van der Waals surface area (Å²) in [6.07, 6.45) is 9.02. The average Bonchev–Trinajstić information content (AvgIpc) is 2.26. The van der Waals surface area contributed by atoms with Crippen molar-refractivity contribution >= 4 is 5.78 Å². The summed E-state index contributed by atoms with van der Waals surface area (Å²) in [5, 5.41) is 0. The molecule has 0 saturated heterocycles. The predicted octanol–water partition coefficient (Wildman–Crippen LogP) is 4.01. The fraction of sp³-hybridized carbons (Fsp3) is 0.688. The van der Waals surface area contributed by atoms with E-state index < -0.39 is 0 Å². The first-order chi connectivity index (χ1) is 7.99. The van der Waals surface area contributed by atoms with E-state index in [0.717, 1.165) is 17.8 Å². The molecule has 17 heavy (non-hydrogen) atoms. The van der Waals surface area contributed by atoms with Crippen LogP contribution < -0.4 is 0 Å². The number of carbonyl (C=O) groups excluding carboxylic acids is 1. The molecule has 1 heteroatoms. The van der Waals surface area contributed by atoms with Gasteiger partial charge in [0.1, 0.15) is 0 Å². The van der Waals surface area contributed by atoms with E-state index in [0.29, 0.717) is 11.8 Å². The molecule has 1 saturated carbocycles. The average molecular weight is 232 g/mol. The van der Waals surface area contributed by atoms with Crippen LogP contribution in [-0.2, 0) is 4.79 Å². The van der Waals surface area contributed by atoms with E-state index >= 15 is 0 Å². The van der Waals surface area contributed by atoms with Crippen LogP contribution >= 0.6 is 0 Å². The number of hydrogen-bond donors (Lipinski definition) is 0. The highest BCUT2D eigenvalue weighted by atomic mass is 16.1. The van der Waals surface area contributed by atoms with Crippen molar-refractivity contribution in [2.45, 2.75) is 40.5 Å². The first kappa shape index (κ1) is 12.6. The fourth-order valence-electron chi connectivity index (χ4n) is 3.63. The van der Waals surface area contributed by atoms with Gasteiger partial charge in [0.2, 0.25) is 0 Å². The lowest BCUT2D eigenvalue weighted by atomic mass is 9.58. The van der Waals surface area contributed by atoms with Crippen LogP contribution in [0.5, 0.6) is 0 Å². The third-order valence-electron chi connectivity index (χ3n) is 4.64. The zero-order valence-corrected chi connectivity index (χ0v) is 11.4. The van der Waals surface area contributed by atoms with E-state index in [2.05, 4.69) is 32.9 Å². The number of fused-ring (bicyclic) bond motifs is 2. The molecule has 0 amide bonds. The normalized spacial score (nSPS) is 36.6. The maximum absolute atomic E-state index is 11.1. The van der Waals surface area contributed by atoms with Crippen LogP contribution in [0.1, 0.15) is 40.5 Å². The van der Waals surface area contributed by atoms with Gasteiger partial charge in [-0.2, -0.15) is 0 Å². The summed E-state index contributed by atoms with van der Waals surface area (Å²) in [6.45, 7) is 8.58. The second kappa shape index (κ2) is 4.80. The highest BCUT2D eigenvalue weighted by Gasteiger charge is 2.41. The van der Waals surface area contributed by atoms with Crippen molar-refractivity contribution in [1.29, 1.82) is 0 Å². The molecule has 1 fully saturated rings. The Kier molecular flexibility index (Phi) is 3.56. The molecule has 0 aromatic carbocycles. The molecule has 3 aliphatic rings. The molecule has 94 valence electrons. The standard InChI is InChI=1S/C16H24O/c1-10(2)15-9-14-8-13(6-5-12(4)17)16(15)7-11(14)3/h5-7,10,13-16H,8-9H2,1-4H3. The van der Waals surface area contributed by atoms with Gasteiger partial charge in [0, 0.05) is 0 Å². The number of carbonyl (C=O) groups is 1. The minimum atomic E-state index is 0.174. The highest BCUT2D eigenvalue weighted by molar-refractivity contribution is 5.87. The van der Waals surface area contributed by atoms with Crippen molar-refractivity contribution in [3.8, 4) is 0 Å². The van der Waals surface area contributed by atoms with E-state index in [1.807, 2.05) is 0 Å².